The Morgan fingerprint density at radius 1 is 1.12 bits per heavy atom. The van der Waals surface area contributed by atoms with Gasteiger partial charge in [0.15, 0.2) is 0 Å². The molecule has 2 nitrogen and oxygen atoms in total. The van der Waals surface area contributed by atoms with Crippen LogP contribution in [0.25, 0.3) is 0 Å². The lowest BCUT2D eigenvalue weighted by atomic mass is 9.84. The summed E-state index contributed by atoms with van der Waals surface area (Å²) >= 11 is 0. The van der Waals surface area contributed by atoms with E-state index in [1.165, 1.54) is 12.8 Å². The van der Waals surface area contributed by atoms with Crippen LogP contribution in [-0.4, -0.2) is 11.1 Å². The highest BCUT2D eigenvalue weighted by molar-refractivity contribution is 5.85. The fourth-order valence-corrected chi connectivity index (χ4v) is 1.82. The molecule has 0 rings (SSSR count). The van der Waals surface area contributed by atoms with E-state index in [1.807, 2.05) is 0 Å². The molecule has 0 aromatic rings. The third-order valence-corrected chi connectivity index (χ3v) is 3.18. The number of hydrogen-bond donors (Lipinski definition) is 1. The third-order valence-electron chi connectivity index (χ3n) is 3.18. The minimum atomic E-state index is -0.855. The maximum absolute atomic E-state index is 10.6. The molecule has 0 fully saturated rings. The summed E-state index contributed by atoms with van der Waals surface area (Å²) in [6, 6.07) is 0. The Bertz CT molecular complexity index is 229. The molecule has 0 aliphatic carbocycles. The number of aliphatic carboxylic acids is 1. The molecule has 2 heteroatoms. The summed E-state index contributed by atoms with van der Waals surface area (Å²) in [5, 5.41) is 8.75. The van der Waals surface area contributed by atoms with Crippen molar-refractivity contribution in [1.82, 2.24) is 0 Å². The van der Waals surface area contributed by atoms with E-state index in [0.29, 0.717) is 23.8 Å². The fraction of sp³-hybridized carbons (Fsp3) is 0.786. The van der Waals surface area contributed by atoms with Crippen molar-refractivity contribution in [3.05, 3.63) is 12.2 Å². The monoisotopic (exact) mass is 226 g/mol. The van der Waals surface area contributed by atoms with Crippen molar-refractivity contribution < 1.29 is 9.90 Å². The Morgan fingerprint density at radius 2 is 1.69 bits per heavy atom. The molecule has 0 aliphatic heterocycles. The summed E-state index contributed by atoms with van der Waals surface area (Å²) in [4.78, 5) is 10.6. The van der Waals surface area contributed by atoms with Crippen molar-refractivity contribution in [3.63, 3.8) is 0 Å². The zero-order chi connectivity index (χ0) is 12.7. The predicted molar refractivity (Wildman–Crippen MR) is 68.4 cm³/mol. The first-order chi connectivity index (χ1) is 7.34. The molecule has 0 spiro atoms. The Balaban J connectivity index is 4.04. The van der Waals surface area contributed by atoms with Gasteiger partial charge in [-0.05, 0) is 37.0 Å². The van der Waals surface area contributed by atoms with Crippen LogP contribution in [0.2, 0.25) is 0 Å². The first kappa shape index (κ1) is 15.2. The highest BCUT2D eigenvalue weighted by atomic mass is 16.4. The second kappa shape index (κ2) is 7.48. The van der Waals surface area contributed by atoms with Gasteiger partial charge in [0.1, 0.15) is 0 Å². The van der Waals surface area contributed by atoms with Crippen LogP contribution in [0.3, 0.4) is 0 Å². The zero-order valence-electron chi connectivity index (χ0n) is 11.1. The molecule has 0 amide bonds. The lowest BCUT2D eigenvalue weighted by Crippen LogP contribution is -2.11. The summed E-state index contributed by atoms with van der Waals surface area (Å²) in [5.74, 6) is 1.12. The highest BCUT2D eigenvalue weighted by Gasteiger charge is 2.15. The Morgan fingerprint density at radius 3 is 2.06 bits per heavy atom. The molecule has 0 aromatic heterocycles. The molecule has 1 unspecified atom stereocenters. The average Bonchev–Trinajstić information content (AvgIpc) is 2.15. The molecule has 0 bridgehead atoms. The zero-order valence-corrected chi connectivity index (χ0v) is 11.1. The van der Waals surface area contributed by atoms with E-state index in [4.69, 9.17) is 5.11 Å². The van der Waals surface area contributed by atoms with Gasteiger partial charge < -0.3 is 5.11 Å². The van der Waals surface area contributed by atoms with Crippen LogP contribution >= 0.6 is 0 Å². The Kier molecular flexibility index (Phi) is 7.11. The van der Waals surface area contributed by atoms with Crippen molar-refractivity contribution in [3.8, 4) is 0 Å². The van der Waals surface area contributed by atoms with E-state index < -0.39 is 5.97 Å². The smallest absolute Gasteiger partial charge is 0.330 e. The summed E-state index contributed by atoms with van der Waals surface area (Å²) in [5.41, 5.74) is 0.343. The number of carboxylic acid groups (broad SMARTS) is 1. The van der Waals surface area contributed by atoms with Crippen molar-refractivity contribution in [2.24, 2.45) is 17.8 Å². The van der Waals surface area contributed by atoms with Crippen LogP contribution in [0, 0.1) is 17.8 Å². The summed E-state index contributed by atoms with van der Waals surface area (Å²) in [6.45, 7) is 12.5. The normalized spacial score (nSPS) is 13.1. The molecule has 0 saturated carbocycles. The van der Waals surface area contributed by atoms with E-state index in [1.54, 1.807) is 0 Å². The lowest BCUT2D eigenvalue weighted by molar-refractivity contribution is -0.132. The topological polar surface area (TPSA) is 37.3 Å². The summed E-state index contributed by atoms with van der Waals surface area (Å²) in [6.07, 6.45) is 4.00. The van der Waals surface area contributed by atoms with Gasteiger partial charge in [-0.15, -0.1) is 0 Å². The van der Waals surface area contributed by atoms with Gasteiger partial charge in [-0.25, -0.2) is 4.79 Å². The van der Waals surface area contributed by atoms with Crippen LogP contribution in [-0.2, 0) is 4.79 Å². The Hall–Kier alpha value is -0.790. The molecule has 0 saturated heterocycles. The second-order valence-electron chi connectivity index (χ2n) is 5.42. The number of carbonyl (C=O) groups is 1. The van der Waals surface area contributed by atoms with Gasteiger partial charge in [-0.2, -0.15) is 0 Å². The van der Waals surface area contributed by atoms with Crippen molar-refractivity contribution >= 4 is 5.97 Å². The van der Waals surface area contributed by atoms with Crippen LogP contribution in [0.15, 0.2) is 12.2 Å². The van der Waals surface area contributed by atoms with Crippen LogP contribution in [0.5, 0.6) is 0 Å². The SMILES string of the molecule is C=C(CCC(CCC(C)C)C(C)C)C(=O)O. The van der Waals surface area contributed by atoms with Gasteiger partial charge in [0.05, 0.1) is 0 Å². The van der Waals surface area contributed by atoms with Crippen LogP contribution < -0.4 is 0 Å². The minimum absolute atomic E-state index is 0.343. The maximum Gasteiger partial charge on any atom is 0.330 e. The minimum Gasteiger partial charge on any atom is -0.478 e. The van der Waals surface area contributed by atoms with Gasteiger partial charge in [0.2, 0.25) is 0 Å². The molecular weight excluding hydrogens is 200 g/mol. The Labute approximate surface area is 99.7 Å². The van der Waals surface area contributed by atoms with Gasteiger partial charge in [-0.3, -0.25) is 0 Å². The molecular formula is C14H26O2. The molecule has 0 radical (unpaired) electrons. The first-order valence-corrected chi connectivity index (χ1v) is 6.25. The van der Waals surface area contributed by atoms with Gasteiger partial charge >= 0.3 is 5.97 Å². The van der Waals surface area contributed by atoms with E-state index in [-0.39, 0.29) is 0 Å². The second-order valence-corrected chi connectivity index (χ2v) is 5.42. The average molecular weight is 226 g/mol. The molecule has 94 valence electrons. The fourth-order valence-electron chi connectivity index (χ4n) is 1.82. The van der Waals surface area contributed by atoms with E-state index in [0.717, 1.165) is 12.3 Å². The van der Waals surface area contributed by atoms with E-state index >= 15 is 0 Å². The third kappa shape index (κ3) is 6.65. The predicted octanol–water partition coefficient (Wildman–Crippen LogP) is 4.12. The maximum atomic E-state index is 10.6. The standard InChI is InChI=1S/C14H26O2/c1-10(2)6-8-13(11(3)4)9-7-12(5)14(15)16/h10-11,13H,5-9H2,1-4H3,(H,15,16). The van der Waals surface area contributed by atoms with Crippen LogP contribution in [0.4, 0.5) is 0 Å². The number of carboxylic acids is 1. The molecule has 0 aliphatic rings. The largest absolute Gasteiger partial charge is 0.478 e. The highest BCUT2D eigenvalue weighted by Crippen LogP contribution is 2.25. The van der Waals surface area contributed by atoms with Gasteiger partial charge in [-0.1, -0.05) is 40.7 Å². The van der Waals surface area contributed by atoms with E-state index in [9.17, 15) is 4.79 Å². The molecule has 1 N–H and O–H groups in total. The first-order valence-electron chi connectivity index (χ1n) is 6.25. The van der Waals surface area contributed by atoms with Crippen molar-refractivity contribution in [2.45, 2.75) is 53.4 Å². The van der Waals surface area contributed by atoms with Crippen molar-refractivity contribution in [1.29, 1.82) is 0 Å². The summed E-state index contributed by atoms with van der Waals surface area (Å²) in [7, 11) is 0. The van der Waals surface area contributed by atoms with Crippen molar-refractivity contribution in [2.75, 3.05) is 0 Å². The number of rotatable bonds is 8. The summed E-state index contributed by atoms with van der Waals surface area (Å²) < 4.78 is 0. The quantitative estimate of drug-likeness (QED) is 0.632. The van der Waals surface area contributed by atoms with Gasteiger partial charge in [0, 0.05) is 5.57 Å². The molecule has 0 aromatic carbocycles. The van der Waals surface area contributed by atoms with Gasteiger partial charge in [0.25, 0.3) is 0 Å². The molecule has 0 heterocycles. The lowest BCUT2D eigenvalue weighted by Gasteiger charge is -2.21. The number of hydrogen-bond acceptors (Lipinski definition) is 1. The van der Waals surface area contributed by atoms with E-state index in [2.05, 4.69) is 34.3 Å². The van der Waals surface area contributed by atoms with Crippen LogP contribution in [0.1, 0.15) is 53.4 Å². The molecule has 16 heavy (non-hydrogen) atoms. The molecule has 1 atom stereocenters.